The van der Waals surface area contributed by atoms with Crippen LogP contribution >= 0.6 is 11.3 Å². The molecule has 168 valence electrons. The molecule has 1 N–H and O–H groups in total. The van der Waals surface area contributed by atoms with Crippen LogP contribution in [0, 0.1) is 18.7 Å². The molecule has 1 aromatic heterocycles. The molecule has 0 bridgehead atoms. The Kier molecular flexibility index (Phi) is 6.74. The van der Waals surface area contributed by atoms with Crippen LogP contribution in [0.3, 0.4) is 0 Å². The minimum absolute atomic E-state index is 0.0908. The average Bonchev–Trinajstić information content (AvgIpc) is 3.33. The minimum Gasteiger partial charge on any atom is -0.344 e. The maximum atomic E-state index is 14.0. The molecule has 0 radical (unpaired) electrons. The standard InChI is InChI=1S/C24H25FN2O3S2/c1-17-8-10-18(11-9-17)23(21-6-4-16-31-21)26-24(28)19-12-14-27(15-13-19)32(29,30)22-7-3-2-5-20(22)25/h2-11,16,19,23H,12-15H2,1H3,(H,26,28). The molecule has 4 rings (SSSR count). The van der Waals surface area contributed by atoms with Gasteiger partial charge in [0.05, 0.1) is 6.04 Å². The number of nitrogens with one attached hydrogen (secondary N) is 1. The molecule has 2 heterocycles. The van der Waals surface area contributed by atoms with Crippen LogP contribution in [0.4, 0.5) is 4.39 Å². The molecule has 2 aromatic carbocycles. The lowest BCUT2D eigenvalue weighted by Gasteiger charge is -2.31. The number of hydrogen-bond donors (Lipinski definition) is 1. The summed E-state index contributed by atoms with van der Waals surface area (Å²) >= 11 is 1.58. The van der Waals surface area contributed by atoms with E-state index in [1.807, 2.05) is 48.7 Å². The zero-order valence-corrected chi connectivity index (χ0v) is 19.3. The monoisotopic (exact) mass is 472 g/mol. The molecule has 1 aliphatic heterocycles. The van der Waals surface area contributed by atoms with E-state index in [9.17, 15) is 17.6 Å². The van der Waals surface area contributed by atoms with Gasteiger partial charge in [-0.2, -0.15) is 4.31 Å². The van der Waals surface area contributed by atoms with Crippen molar-refractivity contribution in [1.82, 2.24) is 9.62 Å². The number of piperidine rings is 1. The first kappa shape index (κ1) is 22.6. The van der Waals surface area contributed by atoms with E-state index in [0.29, 0.717) is 12.8 Å². The SMILES string of the molecule is Cc1ccc(C(NC(=O)C2CCN(S(=O)(=O)c3ccccc3F)CC2)c2cccs2)cc1. The molecule has 32 heavy (non-hydrogen) atoms. The first-order chi connectivity index (χ1) is 15.4. The van der Waals surface area contributed by atoms with Gasteiger partial charge in [-0.3, -0.25) is 4.79 Å². The molecule has 1 atom stereocenters. The fourth-order valence-corrected chi connectivity index (χ4v) is 6.28. The molecular weight excluding hydrogens is 447 g/mol. The highest BCUT2D eigenvalue weighted by Crippen LogP contribution is 2.29. The molecule has 0 spiro atoms. The Bertz CT molecular complexity index is 1170. The summed E-state index contributed by atoms with van der Waals surface area (Å²) in [5.74, 6) is -1.15. The number of rotatable bonds is 6. The van der Waals surface area contributed by atoms with E-state index in [4.69, 9.17) is 0 Å². The normalized spacial score (nSPS) is 16.6. The summed E-state index contributed by atoms with van der Waals surface area (Å²) in [7, 11) is -3.92. The number of nitrogens with zero attached hydrogens (tertiary/aromatic N) is 1. The highest BCUT2D eigenvalue weighted by molar-refractivity contribution is 7.89. The van der Waals surface area contributed by atoms with Crippen molar-refractivity contribution >= 4 is 27.3 Å². The van der Waals surface area contributed by atoms with Crippen LogP contribution in [0.1, 0.15) is 34.9 Å². The maximum Gasteiger partial charge on any atom is 0.245 e. The summed E-state index contributed by atoms with van der Waals surface area (Å²) in [6, 6.07) is 17.2. The molecular formula is C24H25FN2O3S2. The van der Waals surface area contributed by atoms with E-state index in [0.717, 1.165) is 22.1 Å². The summed E-state index contributed by atoms with van der Waals surface area (Å²) in [6.07, 6.45) is 0.787. The molecule has 1 amide bonds. The Morgan fingerprint density at radius 2 is 1.75 bits per heavy atom. The Balaban J connectivity index is 1.44. The van der Waals surface area contributed by atoms with Crippen LogP contribution in [-0.4, -0.2) is 31.7 Å². The largest absolute Gasteiger partial charge is 0.344 e. The number of halogens is 1. The third-order valence-electron chi connectivity index (χ3n) is 5.80. The van der Waals surface area contributed by atoms with Crippen molar-refractivity contribution in [3.05, 3.63) is 87.9 Å². The number of sulfonamides is 1. The van der Waals surface area contributed by atoms with Crippen molar-refractivity contribution in [2.45, 2.75) is 30.7 Å². The molecule has 1 saturated heterocycles. The zero-order valence-electron chi connectivity index (χ0n) is 17.7. The van der Waals surface area contributed by atoms with E-state index in [1.165, 1.54) is 22.5 Å². The number of carbonyl (C=O) groups is 1. The van der Waals surface area contributed by atoms with E-state index in [1.54, 1.807) is 11.3 Å². The smallest absolute Gasteiger partial charge is 0.245 e. The average molecular weight is 473 g/mol. The lowest BCUT2D eigenvalue weighted by atomic mass is 9.95. The fourth-order valence-electron chi connectivity index (χ4n) is 3.94. The number of hydrogen-bond acceptors (Lipinski definition) is 4. The lowest BCUT2D eigenvalue weighted by Crippen LogP contribution is -2.43. The van der Waals surface area contributed by atoms with Gasteiger partial charge in [-0.1, -0.05) is 48.0 Å². The molecule has 0 saturated carbocycles. The molecule has 1 unspecified atom stereocenters. The van der Waals surface area contributed by atoms with Gasteiger partial charge in [0.1, 0.15) is 10.7 Å². The highest BCUT2D eigenvalue weighted by atomic mass is 32.2. The van der Waals surface area contributed by atoms with E-state index in [2.05, 4.69) is 5.32 Å². The third-order valence-corrected chi connectivity index (χ3v) is 8.67. The number of benzene rings is 2. The molecule has 3 aromatic rings. The number of amides is 1. The Morgan fingerprint density at radius 1 is 1.06 bits per heavy atom. The van der Waals surface area contributed by atoms with Crippen LogP contribution < -0.4 is 5.32 Å². The predicted octanol–water partition coefficient (Wildman–Crippen LogP) is 4.50. The van der Waals surface area contributed by atoms with E-state index < -0.39 is 15.8 Å². The summed E-state index contributed by atoms with van der Waals surface area (Å²) in [6.45, 7) is 2.39. The second-order valence-corrected chi connectivity index (χ2v) is 10.9. The van der Waals surface area contributed by atoms with Gasteiger partial charge in [0.25, 0.3) is 0 Å². The van der Waals surface area contributed by atoms with E-state index >= 15 is 0 Å². The second kappa shape index (κ2) is 9.52. The first-order valence-electron chi connectivity index (χ1n) is 10.5. The van der Waals surface area contributed by atoms with Crippen molar-refractivity contribution in [3.8, 4) is 0 Å². The molecule has 5 nitrogen and oxygen atoms in total. The van der Waals surface area contributed by atoms with Crippen LogP contribution in [0.5, 0.6) is 0 Å². The Labute approximate surface area is 191 Å². The zero-order chi connectivity index (χ0) is 22.7. The summed E-state index contributed by atoms with van der Waals surface area (Å²) in [5.41, 5.74) is 2.15. The van der Waals surface area contributed by atoms with Crippen LogP contribution in [0.2, 0.25) is 0 Å². The van der Waals surface area contributed by atoms with Crippen molar-refractivity contribution in [1.29, 1.82) is 0 Å². The van der Waals surface area contributed by atoms with Gasteiger partial charge in [-0.05, 0) is 48.9 Å². The summed E-state index contributed by atoms with van der Waals surface area (Å²) in [5, 5.41) is 5.14. The predicted molar refractivity (Wildman–Crippen MR) is 123 cm³/mol. The van der Waals surface area contributed by atoms with Crippen molar-refractivity contribution in [2.24, 2.45) is 5.92 Å². The Hall–Kier alpha value is -2.55. The van der Waals surface area contributed by atoms with Gasteiger partial charge in [-0.15, -0.1) is 11.3 Å². The second-order valence-electron chi connectivity index (χ2n) is 7.98. The van der Waals surface area contributed by atoms with E-state index in [-0.39, 0.29) is 35.9 Å². The quantitative estimate of drug-likeness (QED) is 0.574. The topological polar surface area (TPSA) is 66.5 Å². The van der Waals surface area contributed by atoms with Gasteiger partial charge in [0.2, 0.25) is 15.9 Å². The maximum absolute atomic E-state index is 14.0. The molecule has 8 heteroatoms. The van der Waals surface area contributed by atoms with Crippen molar-refractivity contribution in [3.63, 3.8) is 0 Å². The number of carbonyl (C=O) groups excluding carboxylic acids is 1. The van der Waals surface area contributed by atoms with Crippen LogP contribution in [0.15, 0.2) is 70.9 Å². The highest BCUT2D eigenvalue weighted by Gasteiger charge is 2.34. The summed E-state index contributed by atoms with van der Waals surface area (Å²) in [4.78, 5) is 13.8. The van der Waals surface area contributed by atoms with Gasteiger partial charge >= 0.3 is 0 Å². The molecule has 1 aliphatic rings. The summed E-state index contributed by atoms with van der Waals surface area (Å²) < 4.78 is 40.9. The van der Waals surface area contributed by atoms with Gasteiger partial charge in [0, 0.05) is 23.9 Å². The molecule has 1 fully saturated rings. The van der Waals surface area contributed by atoms with Crippen LogP contribution in [0.25, 0.3) is 0 Å². The number of thiophene rings is 1. The first-order valence-corrected chi connectivity index (χ1v) is 12.8. The molecule has 0 aliphatic carbocycles. The van der Waals surface area contributed by atoms with Gasteiger partial charge in [0.15, 0.2) is 0 Å². The van der Waals surface area contributed by atoms with Gasteiger partial charge < -0.3 is 5.32 Å². The Morgan fingerprint density at radius 3 is 2.38 bits per heavy atom. The van der Waals surface area contributed by atoms with Gasteiger partial charge in [-0.25, -0.2) is 12.8 Å². The third kappa shape index (κ3) is 4.77. The fraction of sp³-hybridized carbons (Fsp3) is 0.292. The number of aryl methyl sites for hydroxylation is 1. The van der Waals surface area contributed by atoms with Crippen molar-refractivity contribution < 1.29 is 17.6 Å². The lowest BCUT2D eigenvalue weighted by molar-refractivity contribution is -0.126. The van der Waals surface area contributed by atoms with Crippen LogP contribution in [-0.2, 0) is 14.8 Å². The minimum atomic E-state index is -3.92. The van der Waals surface area contributed by atoms with Crippen molar-refractivity contribution in [2.75, 3.05) is 13.1 Å².